The summed E-state index contributed by atoms with van der Waals surface area (Å²) in [6, 6.07) is 0. The van der Waals surface area contributed by atoms with Crippen molar-refractivity contribution in [3.05, 3.63) is 25.0 Å². The number of rotatable bonds is 19. The van der Waals surface area contributed by atoms with Crippen LogP contribution in [0.25, 0.3) is 0 Å². The van der Waals surface area contributed by atoms with Gasteiger partial charge in [-0.15, -0.1) is 0 Å². The molecule has 0 bridgehead atoms. The van der Waals surface area contributed by atoms with Crippen LogP contribution >= 0.6 is 0 Å². The van der Waals surface area contributed by atoms with E-state index in [1.807, 2.05) is 0 Å². The van der Waals surface area contributed by atoms with Gasteiger partial charge in [0.25, 0.3) is 0 Å². The van der Waals surface area contributed by atoms with Crippen LogP contribution in [0.2, 0.25) is 0 Å². The van der Waals surface area contributed by atoms with Crippen LogP contribution in [-0.4, -0.2) is 75.7 Å². The van der Waals surface area contributed by atoms with Crippen molar-refractivity contribution in [3.8, 4) is 0 Å². The van der Waals surface area contributed by atoms with E-state index in [1.54, 1.807) is 6.92 Å². The first-order valence-electron chi connectivity index (χ1n) is 15.8. The van der Waals surface area contributed by atoms with E-state index in [-0.39, 0.29) is 42.4 Å². The summed E-state index contributed by atoms with van der Waals surface area (Å²) in [6.45, 7) is 11.1. The molecule has 0 aliphatic heterocycles. The second-order valence-corrected chi connectivity index (χ2v) is 11.6. The lowest BCUT2D eigenvalue weighted by atomic mass is 9.87. The molecule has 0 aromatic heterocycles. The summed E-state index contributed by atoms with van der Waals surface area (Å²) in [5.41, 5.74) is 0. The fraction of sp³-hybridized carbons (Fsp3) is 0.812. The Kier molecular flexibility index (Phi) is 16.5. The van der Waals surface area contributed by atoms with E-state index in [0.29, 0.717) is 45.4 Å². The molecular weight excluding hydrogens is 544 g/mol. The molecule has 3 fully saturated rings. The maximum Gasteiger partial charge on any atom is 0.330 e. The highest BCUT2D eigenvalue weighted by Gasteiger charge is 2.31. The Morgan fingerprint density at radius 2 is 1.14 bits per heavy atom. The van der Waals surface area contributed by atoms with Gasteiger partial charge in [-0.1, -0.05) is 13.2 Å². The molecule has 0 amide bonds. The normalized spacial score (nSPS) is 28.0. The first kappa shape index (κ1) is 34.5. The zero-order valence-electron chi connectivity index (χ0n) is 25.5. The molecule has 0 unspecified atom stereocenters. The maximum absolute atomic E-state index is 12.7. The first-order valence-corrected chi connectivity index (χ1v) is 15.8. The third kappa shape index (κ3) is 14.0. The molecule has 0 aromatic rings. The van der Waals surface area contributed by atoms with Crippen molar-refractivity contribution in [1.82, 2.24) is 0 Å². The number of allylic oxidation sites excluding steroid dienone is 1. The van der Waals surface area contributed by atoms with E-state index in [9.17, 15) is 9.59 Å². The fourth-order valence-electron chi connectivity index (χ4n) is 5.69. The van der Waals surface area contributed by atoms with Crippen molar-refractivity contribution in [2.45, 2.75) is 127 Å². The minimum atomic E-state index is -0.412. The smallest absolute Gasteiger partial charge is 0.330 e. The predicted octanol–water partition coefficient (Wildman–Crippen LogP) is 5.73. The summed E-state index contributed by atoms with van der Waals surface area (Å²) < 4.78 is 34.7. The van der Waals surface area contributed by atoms with Crippen LogP contribution in [0.5, 0.6) is 0 Å². The number of hydrogen-bond acceptors (Lipinski definition) is 10. The highest BCUT2D eigenvalue weighted by Crippen LogP contribution is 2.30. The average Bonchev–Trinajstić information content (AvgIpc) is 3.00. The number of carbonyl (C=O) groups excluding carboxylic acids is 2. The molecule has 42 heavy (non-hydrogen) atoms. The third-order valence-electron chi connectivity index (χ3n) is 8.12. The fourth-order valence-corrected chi connectivity index (χ4v) is 5.69. The van der Waals surface area contributed by atoms with E-state index >= 15 is 0 Å². The molecule has 3 aliphatic rings. The number of ether oxygens (including phenoxy) is 6. The van der Waals surface area contributed by atoms with Gasteiger partial charge < -0.3 is 33.3 Å². The largest absolute Gasteiger partial charge is 0.462 e. The van der Waals surface area contributed by atoms with Crippen LogP contribution in [-0.2, 0) is 47.8 Å². The minimum Gasteiger partial charge on any atom is -0.462 e. The minimum absolute atomic E-state index is 0.0222. The van der Waals surface area contributed by atoms with Gasteiger partial charge in [-0.3, -0.25) is 4.79 Å². The molecule has 0 aromatic carbocycles. The summed E-state index contributed by atoms with van der Waals surface area (Å²) >= 11 is 0. The molecule has 0 atom stereocenters. The predicted molar refractivity (Wildman–Crippen MR) is 155 cm³/mol. The van der Waals surface area contributed by atoms with Crippen molar-refractivity contribution in [2.24, 2.45) is 5.92 Å². The Morgan fingerprint density at radius 3 is 1.67 bits per heavy atom. The molecule has 3 rings (SSSR count). The highest BCUT2D eigenvalue weighted by molar-refractivity contribution is 5.81. The van der Waals surface area contributed by atoms with Crippen LogP contribution in [0.3, 0.4) is 0 Å². The van der Waals surface area contributed by atoms with Crippen molar-refractivity contribution >= 4 is 11.9 Å². The van der Waals surface area contributed by atoms with Crippen LogP contribution in [0.4, 0.5) is 0 Å². The molecule has 0 saturated heterocycles. The zero-order chi connectivity index (χ0) is 30.0. The van der Waals surface area contributed by atoms with Crippen LogP contribution in [0.15, 0.2) is 25.0 Å². The van der Waals surface area contributed by atoms with Crippen LogP contribution in [0, 0.1) is 5.92 Å². The van der Waals surface area contributed by atoms with E-state index in [1.165, 1.54) is 0 Å². The summed E-state index contributed by atoms with van der Waals surface area (Å²) in [5, 5.41) is 0. The number of hydrogen-bond donors (Lipinski definition) is 0. The lowest BCUT2D eigenvalue weighted by Crippen LogP contribution is -2.33. The van der Waals surface area contributed by atoms with E-state index in [0.717, 1.165) is 89.5 Å². The standard InChI is InChI=1S/C32H52O10/c1-4-31(33)37-21-5-19-35-26-9-7-25(8-10-26)32(34)41-30-17-15-29(16-18-30)39-23-38-28-13-11-27(12-14-28)36-20-6-22-40-42-24(2)3/h4,25-30H,1-2,5-23H2,3H3. The molecule has 0 N–H and O–H groups in total. The van der Waals surface area contributed by atoms with E-state index < -0.39 is 5.97 Å². The molecule has 3 saturated carbocycles. The lowest BCUT2D eigenvalue weighted by molar-refractivity contribution is -0.262. The topological polar surface area (TPSA) is 108 Å². The molecular formula is C32H52O10. The van der Waals surface area contributed by atoms with Gasteiger partial charge in [0.05, 0.1) is 50.2 Å². The summed E-state index contributed by atoms with van der Waals surface area (Å²) in [4.78, 5) is 33.7. The van der Waals surface area contributed by atoms with Gasteiger partial charge in [0.2, 0.25) is 0 Å². The maximum atomic E-state index is 12.7. The van der Waals surface area contributed by atoms with Gasteiger partial charge in [-0.2, -0.15) is 4.89 Å². The third-order valence-corrected chi connectivity index (χ3v) is 8.12. The summed E-state index contributed by atoms with van der Waals surface area (Å²) in [5.74, 6) is 0.0208. The van der Waals surface area contributed by atoms with Gasteiger partial charge in [0.1, 0.15) is 18.7 Å². The van der Waals surface area contributed by atoms with Crippen molar-refractivity contribution in [2.75, 3.05) is 33.2 Å². The number of esters is 2. The second-order valence-electron chi connectivity index (χ2n) is 11.6. The monoisotopic (exact) mass is 596 g/mol. The Morgan fingerprint density at radius 1 is 0.667 bits per heavy atom. The van der Waals surface area contributed by atoms with Gasteiger partial charge >= 0.3 is 11.9 Å². The van der Waals surface area contributed by atoms with Crippen LogP contribution in [0.1, 0.15) is 96.8 Å². The van der Waals surface area contributed by atoms with Gasteiger partial charge in [0.15, 0.2) is 0 Å². The van der Waals surface area contributed by atoms with Gasteiger partial charge in [-0.25, -0.2) is 4.79 Å². The average molecular weight is 597 g/mol. The first-order chi connectivity index (χ1) is 20.4. The Bertz CT molecular complexity index is 793. The Labute approximate surface area is 251 Å². The summed E-state index contributed by atoms with van der Waals surface area (Å²) in [6.07, 6.45) is 14.0. The second kappa shape index (κ2) is 20.1. The molecule has 10 heteroatoms. The Balaban J connectivity index is 1.15. The Hall–Kier alpha value is -1.98. The highest BCUT2D eigenvalue weighted by atomic mass is 17.2. The molecule has 0 radical (unpaired) electrons. The number of carbonyl (C=O) groups is 2. The molecule has 0 heterocycles. The van der Waals surface area contributed by atoms with E-state index in [2.05, 4.69) is 13.2 Å². The SMILES string of the molecule is C=CC(=O)OCCCOC1CCC(C(=O)OC2CCC(OCOC3CCC(OCCCOOC(=C)C)CC3)CC2)CC1. The van der Waals surface area contributed by atoms with Crippen molar-refractivity contribution in [1.29, 1.82) is 0 Å². The summed E-state index contributed by atoms with van der Waals surface area (Å²) in [7, 11) is 0. The molecule has 240 valence electrons. The van der Waals surface area contributed by atoms with Gasteiger partial charge in [-0.05, 0) is 90.4 Å². The zero-order valence-corrected chi connectivity index (χ0v) is 25.5. The molecule has 3 aliphatic carbocycles. The van der Waals surface area contributed by atoms with E-state index in [4.69, 9.17) is 38.2 Å². The quantitative estimate of drug-likeness (QED) is 0.0349. The van der Waals surface area contributed by atoms with Crippen LogP contribution < -0.4 is 0 Å². The van der Waals surface area contributed by atoms with Crippen molar-refractivity contribution in [3.63, 3.8) is 0 Å². The lowest BCUT2D eigenvalue weighted by Gasteiger charge is -2.32. The van der Waals surface area contributed by atoms with Crippen molar-refractivity contribution < 1.29 is 47.8 Å². The molecule has 10 nitrogen and oxygen atoms in total. The van der Waals surface area contributed by atoms with Gasteiger partial charge in [0, 0.05) is 19.1 Å². The molecule has 0 spiro atoms.